The van der Waals surface area contributed by atoms with Gasteiger partial charge >= 0.3 is 0 Å². The Morgan fingerprint density at radius 3 is 2.64 bits per heavy atom. The minimum absolute atomic E-state index is 0.305. The van der Waals surface area contributed by atoms with Crippen molar-refractivity contribution in [1.82, 2.24) is 5.27 Å². The molecule has 72 valence electrons. The normalized spacial score (nSPS) is 10.4. The van der Waals surface area contributed by atoms with E-state index in [-0.39, 0.29) is 0 Å². The molecule has 0 aliphatic carbocycles. The number of hydrogen-bond acceptors (Lipinski definition) is 3. The molecule has 4 nitrogen and oxygen atoms in total. The molecule has 0 spiro atoms. The van der Waals surface area contributed by atoms with Gasteiger partial charge in [-0.15, -0.1) is 0 Å². The topological polar surface area (TPSA) is 55.9 Å². The van der Waals surface area contributed by atoms with E-state index in [0.29, 0.717) is 12.4 Å². The van der Waals surface area contributed by atoms with Gasteiger partial charge in [0.25, 0.3) is 12.1 Å². The van der Waals surface area contributed by atoms with Gasteiger partial charge in [-0.05, 0) is 16.8 Å². The summed E-state index contributed by atoms with van der Waals surface area (Å²) in [5, 5.41) is 4.44. The van der Waals surface area contributed by atoms with E-state index in [1.54, 1.807) is 10.9 Å². The van der Waals surface area contributed by atoms with Crippen molar-refractivity contribution in [1.29, 1.82) is 0 Å². The van der Waals surface area contributed by atoms with Crippen LogP contribution in [0.3, 0.4) is 0 Å². The standard InChI is InChI=1S/C9H9ClN3O/c10-8-3-1-7(2-4-8)5-13-6-9(11)14-12-13/h1-4,6H,5,11H2/q+1. The number of anilines is 1. The molecule has 0 aliphatic heterocycles. The van der Waals surface area contributed by atoms with Crippen LogP contribution < -0.4 is 10.4 Å². The Bertz CT molecular complexity index is 424. The molecule has 0 saturated heterocycles. The fourth-order valence-electron chi connectivity index (χ4n) is 1.14. The van der Waals surface area contributed by atoms with E-state index in [0.717, 1.165) is 10.6 Å². The average Bonchev–Trinajstić information content (AvgIpc) is 2.56. The Morgan fingerprint density at radius 1 is 1.36 bits per heavy atom. The maximum Gasteiger partial charge on any atom is 0.293 e. The number of benzene rings is 1. The van der Waals surface area contributed by atoms with Crippen LogP contribution in [0.1, 0.15) is 5.56 Å². The summed E-state index contributed by atoms with van der Waals surface area (Å²) in [5.74, 6) is 0.305. The van der Waals surface area contributed by atoms with Crippen LogP contribution in [0.5, 0.6) is 0 Å². The Kier molecular flexibility index (Phi) is 2.37. The molecule has 14 heavy (non-hydrogen) atoms. The molecule has 1 aromatic heterocycles. The SMILES string of the molecule is Nc1c[n+](Cc2ccc(Cl)cc2)no1. The van der Waals surface area contributed by atoms with Crippen LogP contribution in [-0.4, -0.2) is 5.27 Å². The third-order valence-corrected chi connectivity index (χ3v) is 2.04. The second-order valence-corrected chi connectivity index (χ2v) is 3.36. The lowest BCUT2D eigenvalue weighted by Crippen LogP contribution is -2.35. The third-order valence-electron chi connectivity index (χ3n) is 1.79. The molecular weight excluding hydrogens is 202 g/mol. The van der Waals surface area contributed by atoms with Gasteiger partial charge in [-0.2, -0.15) is 0 Å². The third kappa shape index (κ3) is 2.03. The second kappa shape index (κ2) is 3.67. The first-order valence-corrected chi connectivity index (χ1v) is 4.48. The lowest BCUT2D eigenvalue weighted by molar-refractivity contribution is -0.754. The van der Waals surface area contributed by atoms with E-state index >= 15 is 0 Å². The largest absolute Gasteiger partial charge is 0.362 e. The van der Waals surface area contributed by atoms with Crippen LogP contribution in [0.2, 0.25) is 5.02 Å². The molecule has 0 fully saturated rings. The monoisotopic (exact) mass is 210 g/mol. The van der Waals surface area contributed by atoms with Crippen LogP contribution in [0.15, 0.2) is 35.0 Å². The quantitative estimate of drug-likeness (QED) is 0.759. The highest BCUT2D eigenvalue weighted by atomic mass is 35.5. The molecule has 0 aliphatic rings. The Labute approximate surface area is 85.9 Å². The Morgan fingerprint density at radius 2 is 2.07 bits per heavy atom. The smallest absolute Gasteiger partial charge is 0.293 e. The van der Waals surface area contributed by atoms with Gasteiger partial charge in [0.1, 0.15) is 0 Å². The molecule has 2 N–H and O–H groups in total. The predicted octanol–water partition coefficient (Wildman–Crippen LogP) is 1.25. The van der Waals surface area contributed by atoms with Gasteiger partial charge in [0, 0.05) is 10.6 Å². The molecule has 5 heteroatoms. The zero-order valence-corrected chi connectivity index (χ0v) is 8.11. The zero-order valence-electron chi connectivity index (χ0n) is 7.35. The molecule has 0 radical (unpaired) electrons. The zero-order chi connectivity index (χ0) is 9.97. The van der Waals surface area contributed by atoms with Crippen molar-refractivity contribution in [2.75, 3.05) is 5.73 Å². The van der Waals surface area contributed by atoms with Crippen LogP contribution in [0.25, 0.3) is 0 Å². The van der Waals surface area contributed by atoms with Gasteiger partial charge in [0.2, 0.25) is 11.8 Å². The number of rotatable bonds is 2. The van der Waals surface area contributed by atoms with Gasteiger partial charge in [0.05, 0.1) is 0 Å². The molecular formula is C9H9ClN3O+. The van der Waals surface area contributed by atoms with E-state index in [4.69, 9.17) is 21.9 Å². The van der Waals surface area contributed by atoms with Gasteiger partial charge in [0.15, 0.2) is 0 Å². The maximum atomic E-state index is 5.76. The second-order valence-electron chi connectivity index (χ2n) is 2.93. The highest BCUT2D eigenvalue weighted by Gasteiger charge is 2.08. The van der Waals surface area contributed by atoms with Crippen molar-refractivity contribution in [2.45, 2.75) is 6.54 Å². The first-order chi connectivity index (χ1) is 6.74. The molecule has 1 aromatic carbocycles. The molecule has 0 bridgehead atoms. The van der Waals surface area contributed by atoms with E-state index in [2.05, 4.69) is 5.27 Å². The van der Waals surface area contributed by atoms with Crippen molar-refractivity contribution in [2.24, 2.45) is 0 Å². The highest BCUT2D eigenvalue weighted by molar-refractivity contribution is 6.30. The summed E-state index contributed by atoms with van der Waals surface area (Å²) in [6.07, 6.45) is 1.63. The van der Waals surface area contributed by atoms with Gasteiger partial charge in [-0.25, -0.2) is 0 Å². The molecule has 0 atom stereocenters. The number of nitrogens with two attached hydrogens (primary N) is 1. The predicted molar refractivity (Wildman–Crippen MR) is 51.7 cm³/mol. The summed E-state index contributed by atoms with van der Waals surface area (Å²) in [7, 11) is 0. The molecule has 2 rings (SSSR count). The molecule has 0 amide bonds. The van der Waals surface area contributed by atoms with Crippen molar-refractivity contribution >= 4 is 17.5 Å². The summed E-state index contributed by atoms with van der Waals surface area (Å²) in [4.78, 5) is 0. The Balaban J connectivity index is 2.15. The summed E-state index contributed by atoms with van der Waals surface area (Å²) in [5.41, 5.74) is 6.48. The maximum absolute atomic E-state index is 5.76. The van der Waals surface area contributed by atoms with Gasteiger partial charge in [-0.1, -0.05) is 23.7 Å². The van der Waals surface area contributed by atoms with Gasteiger partial charge < -0.3 is 5.73 Å². The van der Waals surface area contributed by atoms with Crippen LogP contribution >= 0.6 is 11.6 Å². The minimum Gasteiger partial charge on any atom is -0.362 e. The van der Waals surface area contributed by atoms with Crippen LogP contribution in [-0.2, 0) is 6.54 Å². The van der Waals surface area contributed by atoms with Crippen molar-refractivity contribution < 1.29 is 9.20 Å². The molecule has 0 saturated carbocycles. The van der Waals surface area contributed by atoms with E-state index in [1.807, 2.05) is 24.3 Å². The highest BCUT2D eigenvalue weighted by Crippen LogP contribution is 2.09. The summed E-state index contributed by atoms with van der Waals surface area (Å²) in [6.45, 7) is 0.623. The summed E-state index contributed by atoms with van der Waals surface area (Å²) >= 11 is 5.76. The summed E-state index contributed by atoms with van der Waals surface area (Å²) in [6, 6.07) is 7.53. The van der Waals surface area contributed by atoms with Gasteiger partial charge in [-0.3, -0.25) is 4.52 Å². The van der Waals surface area contributed by atoms with Crippen LogP contribution in [0.4, 0.5) is 5.88 Å². The van der Waals surface area contributed by atoms with E-state index < -0.39 is 0 Å². The lowest BCUT2D eigenvalue weighted by Gasteiger charge is -1.92. The number of hydrogen-bond donors (Lipinski definition) is 1. The van der Waals surface area contributed by atoms with Crippen molar-refractivity contribution in [3.8, 4) is 0 Å². The van der Waals surface area contributed by atoms with E-state index in [9.17, 15) is 0 Å². The lowest BCUT2D eigenvalue weighted by atomic mass is 10.2. The average molecular weight is 211 g/mol. The number of aromatic nitrogens is 2. The van der Waals surface area contributed by atoms with E-state index in [1.165, 1.54) is 0 Å². The fourth-order valence-corrected chi connectivity index (χ4v) is 1.27. The fraction of sp³-hybridized carbons (Fsp3) is 0.111. The minimum atomic E-state index is 0.305. The molecule has 2 aromatic rings. The first kappa shape index (κ1) is 9.02. The number of halogens is 1. The van der Waals surface area contributed by atoms with Crippen molar-refractivity contribution in [3.05, 3.63) is 41.0 Å². The number of nitrogens with zero attached hydrogens (tertiary/aromatic N) is 2. The summed E-state index contributed by atoms with van der Waals surface area (Å²) < 4.78 is 6.35. The Hall–Kier alpha value is -1.55. The number of nitrogen functional groups attached to an aromatic ring is 1. The molecule has 0 unspecified atom stereocenters. The van der Waals surface area contributed by atoms with Crippen molar-refractivity contribution in [3.63, 3.8) is 0 Å². The first-order valence-electron chi connectivity index (χ1n) is 4.10. The van der Waals surface area contributed by atoms with Crippen LogP contribution in [0, 0.1) is 0 Å². The molecule has 1 heterocycles.